The van der Waals surface area contributed by atoms with E-state index in [1.54, 1.807) is 0 Å². The zero-order valence-electron chi connectivity index (χ0n) is 21.0. The highest BCUT2D eigenvalue weighted by atomic mass is 28.4. The molecule has 0 spiro atoms. The third kappa shape index (κ3) is 7.51. The predicted octanol–water partition coefficient (Wildman–Crippen LogP) is 6.72. The SMILES string of the molecule is C[C@@H](C[C@@H](C[C@H]1COC(C)(C)O1)O[Si](C)(C)C(C)(C)C)O[Si](C)(C)C(C)(C)C. The van der Waals surface area contributed by atoms with Crippen LogP contribution in [0.5, 0.6) is 0 Å². The van der Waals surface area contributed by atoms with Gasteiger partial charge in [0.05, 0.1) is 18.8 Å². The lowest BCUT2D eigenvalue weighted by molar-refractivity contribution is -0.141. The summed E-state index contributed by atoms with van der Waals surface area (Å²) in [6.45, 7) is 29.9. The molecule has 1 aliphatic rings. The highest BCUT2D eigenvalue weighted by Gasteiger charge is 2.43. The van der Waals surface area contributed by atoms with Crippen LogP contribution >= 0.6 is 0 Å². The van der Waals surface area contributed by atoms with E-state index >= 15 is 0 Å². The Kier molecular flexibility index (Phi) is 8.26. The molecule has 0 aliphatic carbocycles. The first-order valence-corrected chi connectivity index (χ1v) is 16.7. The van der Waals surface area contributed by atoms with E-state index in [9.17, 15) is 0 Å². The average molecular weight is 433 g/mol. The largest absolute Gasteiger partial charge is 0.414 e. The molecule has 1 aliphatic heterocycles. The lowest BCUT2D eigenvalue weighted by Gasteiger charge is -2.42. The minimum atomic E-state index is -1.88. The van der Waals surface area contributed by atoms with E-state index in [2.05, 4.69) is 74.7 Å². The number of hydrogen-bond acceptors (Lipinski definition) is 4. The molecule has 0 N–H and O–H groups in total. The van der Waals surface area contributed by atoms with Crippen molar-refractivity contribution < 1.29 is 18.3 Å². The Hall–Kier alpha value is 0.274. The summed E-state index contributed by atoms with van der Waals surface area (Å²) in [6.07, 6.45) is 2.15. The normalized spacial score (nSPS) is 23.7. The van der Waals surface area contributed by atoms with Crippen molar-refractivity contribution >= 4 is 16.6 Å². The quantitative estimate of drug-likeness (QED) is 0.399. The van der Waals surface area contributed by atoms with Crippen LogP contribution in [-0.2, 0) is 18.3 Å². The molecule has 168 valence electrons. The van der Waals surface area contributed by atoms with Gasteiger partial charge in [-0.15, -0.1) is 0 Å². The molecule has 0 amide bonds. The van der Waals surface area contributed by atoms with E-state index < -0.39 is 22.4 Å². The molecular weight excluding hydrogens is 384 g/mol. The molecule has 0 unspecified atom stereocenters. The first kappa shape index (κ1) is 26.3. The first-order valence-electron chi connectivity index (χ1n) is 10.9. The van der Waals surface area contributed by atoms with E-state index in [1.807, 2.05) is 13.8 Å². The minimum absolute atomic E-state index is 0.0878. The summed E-state index contributed by atoms with van der Waals surface area (Å²) < 4.78 is 25.4. The number of rotatable bonds is 8. The molecule has 1 heterocycles. The summed E-state index contributed by atoms with van der Waals surface area (Å²) >= 11 is 0. The minimum Gasteiger partial charge on any atom is -0.414 e. The topological polar surface area (TPSA) is 36.9 Å². The Bertz CT molecular complexity index is 504. The van der Waals surface area contributed by atoms with Crippen LogP contribution in [0.15, 0.2) is 0 Å². The fraction of sp³-hybridized carbons (Fsp3) is 1.00. The molecule has 28 heavy (non-hydrogen) atoms. The molecule has 4 nitrogen and oxygen atoms in total. The van der Waals surface area contributed by atoms with Gasteiger partial charge >= 0.3 is 0 Å². The Morgan fingerprint density at radius 2 is 1.39 bits per heavy atom. The molecule has 3 atom stereocenters. The predicted molar refractivity (Wildman–Crippen MR) is 124 cm³/mol. The second-order valence-electron chi connectivity index (χ2n) is 12.1. The third-order valence-corrected chi connectivity index (χ3v) is 15.9. The van der Waals surface area contributed by atoms with Crippen molar-refractivity contribution in [2.45, 2.75) is 136 Å². The lowest BCUT2D eigenvalue weighted by atomic mass is 10.1. The monoisotopic (exact) mass is 432 g/mol. The van der Waals surface area contributed by atoms with Crippen molar-refractivity contribution in [3.8, 4) is 0 Å². The van der Waals surface area contributed by atoms with Crippen molar-refractivity contribution in [3.63, 3.8) is 0 Å². The van der Waals surface area contributed by atoms with Crippen LogP contribution in [0.3, 0.4) is 0 Å². The van der Waals surface area contributed by atoms with Gasteiger partial charge in [-0.05, 0) is 63.5 Å². The molecule has 0 aromatic carbocycles. The highest BCUT2D eigenvalue weighted by molar-refractivity contribution is 6.74. The summed E-state index contributed by atoms with van der Waals surface area (Å²) in [5.74, 6) is -0.491. The van der Waals surface area contributed by atoms with Crippen molar-refractivity contribution in [3.05, 3.63) is 0 Å². The standard InChI is InChI=1S/C22H48O4Si2/c1-17(25-27(10,11)20(2,3)4)14-18(26-28(12,13)21(5,6)7)15-19-16-23-22(8,9)24-19/h17-19H,14-16H2,1-13H3/t17-,18-,19-/m0/s1. The van der Waals surface area contributed by atoms with Gasteiger partial charge in [0, 0.05) is 12.5 Å². The molecule has 1 rings (SSSR count). The molecule has 1 saturated heterocycles. The van der Waals surface area contributed by atoms with E-state index in [1.165, 1.54) is 0 Å². The molecule has 1 fully saturated rings. The maximum absolute atomic E-state index is 6.84. The van der Waals surface area contributed by atoms with Crippen LogP contribution in [0.2, 0.25) is 36.3 Å². The van der Waals surface area contributed by atoms with Crippen molar-refractivity contribution in [1.82, 2.24) is 0 Å². The van der Waals surface area contributed by atoms with Gasteiger partial charge < -0.3 is 18.3 Å². The van der Waals surface area contributed by atoms with Gasteiger partial charge in [-0.3, -0.25) is 0 Å². The molecule has 0 aromatic rings. The Morgan fingerprint density at radius 1 is 0.929 bits per heavy atom. The summed E-state index contributed by atoms with van der Waals surface area (Å²) in [6, 6.07) is 0. The smallest absolute Gasteiger partial charge is 0.192 e. The number of hydrogen-bond donors (Lipinski definition) is 0. The summed E-state index contributed by atoms with van der Waals surface area (Å²) in [5.41, 5.74) is 0. The van der Waals surface area contributed by atoms with Crippen LogP contribution < -0.4 is 0 Å². The number of ether oxygens (including phenoxy) is 2. The fourth-order valence-electron chi connectivity index (χ4n) is 3.06. The Morgan fingerprint density at radius 3 is 1.79 bits per heavy atom. The first-order chi connectivity index (χ1) is 12.3. The summed E-state index contributed by atoms with van der Waals surface area (Å²) in [5, 5.41) is 0.393. The molecule has 0 bridgehead atoms. The average Bonchev–Trinajstić information content (AvgIpc) is 2.73. The maximum atomic E-state index is 6.84. The Labute approximate surface area is 177 Å². The maximum Gasteiger partial charge on any atom is 0.192 e. The molecular formula is C22H48O4Si2. The van der Waals surface area contributed by atoms with Crippen molar-refractivity contribution in [2.24, 2.45) is 0 Å². The van der Waals surface area contributed by atoms with Gasteiger partial charge in [0.15, 0.2) is 22.4 Å². The second-order valence-corrected chi connectivity index (χ2v) is 21.6. The van der Waals surface area contributed by atoms with Crippen LogP contribution in [0.25, 0.3) is 0 Å². The van der Waals surface area contributed by atoms with E-state index in [0.717, 1.165) is 12.8 Å². The lowest BCUT2D eigenvalue weighted by Crippen LogP contribution is -2.47. The molecule has 0 aromatic heterocycles. The second kappa shape index (κ2) is 8.79. The van der Waals surface area contributed by atoms with E-state index in [0.29, 0.717) is 6.61 Å². The summed E-state index contributed by atoms with van der Waals surface area (Å²) in [7, 11) is -3.68. The van der Waals surface area contributed by atoms with Crippen LogP contribution in [0.4, 0.5) is 0 Å². The van der Waals surface area contributed by atoms with Crippen LogP contribution in [-0.4, -0.2) is 47.3 Å². The van der Waals surface area contributed by atoms with Crippen LogP contribution in [0, 0.1) is 0 Å². The third-order valence-electron chi connectivity index (χ3n) is 6.76. The van der Waals surface area contributed by atoms with Gasteiger partial charge in [0.25, 0.3) is 0 Å². The highest BCUT2D eigenvalue weighted by Crippen LogP contribution is 2.40. The van der Waals surface area contributed by atoms with Gasteiger partial charge in [-0.2, -0.15) is 0 Å². The van der Waals surface area contributed by atoms with Gasteiger partial charge in [-0.25, -0.2) is 0 Å². The van der Waals surface area contributed by atoms with Gasteiger partial charge in [0.2, 0.25) is 0 Å². The van der Waals surface area contributed by atoms with Crippen LogP contribution in [0.1, 0.15) is 75.2 Å². The molecule has 0 saturated carbocycles. The summed E-state index contributed by atoms with van der Waals surface area (Å²) in [4.78, 5) is 0. The van der Waals surface area contributed by atoms with Crippen molar-refractivity contribution in [1.29, 1.82) is 0 Å². The van der Waals surface area contributed by atoms with E-state index in [4.69, 9.17) is 18.3 Å². The Balaban J connectivity index is 2.88. The van der Waals surface area contributed by atoms with Gasteiger partial charge in [-0.1, -0.05) is 41.5 Å². The van der Waals surface area contributed by atoms with Crippen molar-refractivity contribution in [2.75, 3.05) is 6.61 Å². The zero-order chi connectivity index (χ0) is 22.2. The zero-order valence-corrected chi connectivity index (χ0v) is 23.0. The molecule has 0 radical (unpaired) electrons. The molecule has 6 heteroatoms. The fourth-order valence-corrected chi connectivity index (χ4v) is 5.89. The van der Waals surface area contributed by atoms with Gasteiger partial charge in [0.1, 0.15) is 0 Å². The van der Waals surface area contributed by atoms with E-state index in [-0.39, 0.29) is 28.4 Å².